The summed E-state index contributed by atoms with van der Waals surface area (Å²) in [5.41, 5.74) is 1.83. The molecule has 3 unspecified atom stereocenters. The van der Waals surface area contributed by atoms with E-state index in [4.69, 9.17) is 9.73 Å². The second-order valence-electron chi connectivity index (χ2n) is 7.82. The summed E-state index contributed by atoms with van der Waals surface area (Å²) in [6.07, 6.45) is 1.88. The Morgan fingerprint density at radius 3 is 2.66 bits per heavy atom. The Hall–Kier alpha value is -2.99. The van der Waals surface area contributed by atoms with Crippen LogP contribution in [-0.2, 0) is 4.79 Å². The van der Waals surface area contributed by atoms with Crippen molar-refractivity contribution >= 4 is 23.2 Å². The molecule has 6 heteroatoms. The minimum Gasteiger partial charge on any atom is -0.465 e. The molecule has 2 aliphatic heterocycles. The molecule has 0 aliphatic carbocycles. The first-order chi connectivity index (χ1) is 13.9. The van der Waals surface area contributed by atoms with Gasteiger partial charge in [-0.25, -0.2) is 4.99 Å². The van der Waals surface area contributed by atoms with E-state index in [1.165, 1.54) is 16.9 Å². The summed E-state index contributed by atoms with van der Waals surface area (Å²) in [5.74, 6) is 0.0852. The minimum absolute atomic E-state index is 0.0384. The molecule has 0 spiro atoms. The third kappa shape index (κ3) is 2.70. The quantitative estimate of drug-likeness (QED) is 0.660. The molecule has 0 amide bonds. The molecule has 0 radical (unpaired) electrons. The zero-order valence-electron chi connectivity index (χ0n) is 16.4. The van der Waals surface area contributed by atoms with Crippen LogP contribution in [0.2, 0.25) is 0 Å². The predicted octanol–water partition coefficient (Wildman–Crippen LogP) is 2.58. The Morgan fingerprint density at radius 1 is 1.21 bits per heavy atom. The molecule has 1 aromatic heterocycles. The van der Waals surface area contributed by atoms with E-state index in [9.17, 15) is 9.59 Å². The number of benzene rings is 2. The van der Waals surface area contributed by atoms with Crippen molar-refractivity contribution in [3.8, 4) is 5.75 Å². The summed E-state index contributed by atoms with van der Waals surface area (Å²) < 4.78 is 8.48. The number of rotatable bonds is 2. The van der Waals surface area contributed by atoms with Gasteiger partial charge in [0.1, 0.15) is 17.5 Å². The van der Waals surface area contributed by atoms with Crippen LogP contribution < -0.4 is 19.6 Å². The molecule has 29 heavy (non-hydrogen) atoms. The van der Waals surface area contributed by atoms with Gasteiger partial charge in [0.2, 0.25) is 5.72 Å². The standard InChI is InChI=1S/C23H20N2O3S/c1-13-8-10-15(11-9-13)12-18-21(27)25-20-16-6-4-5-7-17(16)28-23(3,19(20)14(2)26)24-22(25)29-18/h4-12,19-20H,1-3H3/b18-12+. The molecule has 0 saturated carbocycles. The lowest BCUT2D eigenvalue weighted by atomic mass is 9.79. The maximum absolute atomic E-state index is 13.4. The number of nitrogens with zero attached hydrogens (tertiary/aromatic N) is 2. The molecule has 2 aromatic carbocycles. The number of aromatic nitrogens is 1. The topological polar surface area (TPSA) is 60.7 Å². The van der Waals surface area contributed by atoms with E-state index < -0.39 is 17.7 Å². The minimum atomic E-state index is -1.02. The van der Waals surface area contributed by atoms with Gasteiger partial charge < -0.3 is 4.74 Å². The van der Waals surface area contributed by atoms with Gasteiger partial charge in [-0.3, -0.25) is 14.2 Å². The summed E-state index contributed by atoms with van der Waals surface area (Å²) in [4.78, 5) is 31.4. The van der Waals surface area contributed by atoms with Gasteiger partial charge in [-0.2, -0.15) is 0 Å². The predicted molar refractivity (Wildman–Crippen MR) is 112 cm³/mol. The molecule has 0 N–H and O–H groups in total. The number of ether oxygens (including phenoxy) is 1. The van der Waals surface area contributed by atoms with Crippen LogP contribution in [0.1, 0.15) is 36.6 Å². The first kappa shape index (κ1) is 18.1. The highest BCUT2D eigenvalue weighted by atomic mass is 32.1. The maximum atomic E-state index is 13.4. The number of thiazole rings is 1. The Morgan fingerprint density at radius 2 is 1.93 bits per heavy atom. The monoisotopic (exact) mass is 404 g/mol. The lowest BCUT2D eigenvalue weighted by molar-refractivity contribution is -0.132. The molecule has 2 aliphatic rings. The second kappa shape index (κ2) is 6.26. The fraction of sp³-hybridized carbons (Fsp3) is 0.261. The smallest absolute Gasteiger partial charge is 0.270 e. The van der Waals surface area contributed by atoms with E-state index in [0.717, 1.165) is 11.1 Å². The number of aryl methyl sites for hydroxylation is 1. The lowest BCUT2D eigenvalue weighted by Crippen LogP contribution is -2.58. The molecule has 5 nitrogen and oxygen atoms in total. The van der Waals surface area contributed by atoms with Crippen molar-refractivity contribution in [2.45, 2.75) is 32.5 Å². The van der Waals surface area contributed by atoms with Gasteiger partial charge in [0, 0.05) is 5.56 Å². The van der Waals surface area contributed by atoms with Crippen LogP contribution >= 0.6 is 11.3 Å². The van der Waals surface area contributed by atoms with Gasteiger partial charge in [0.05, 0.1) is 10.6 Å². The van der Waals surface area contributed by atoms with Gasteiger partial charge in [-0.05, 0) is 38.5 Å². The van der Waals surface area contributed by atoms with E-state index in [0.29, 0.717) is 15.1 Å². The maximum Gasteiger partial charge on any atom is 0.270 e. The number of fused-ring (bicyclic) bond motifs is 6. The highest BCUT2D eigenvalue weighted by molar-refractivity contribution is 7.07. The average molecular weight is 404 g/mol. The number of hydrogen-bond donors (Lipinski definition) is 0. The highest BCUT2D eigenvalue weighted by Gasteiger charge is 2.53. The number of Topliss-reactive ketones (excluding diaryl/α,β-unsaturated/α-hetero) is 1. The summed E-state index contributed by atoms with van der Waals surface area (Å²) >= 11 is 1.34. The van der Waals surface area contributed by atoms with Crippen LogP contribution in [0.3, 0.4) is 0 Å². The molecule has 5 rings (SSSR count). The van der Waals surface area contributed by atoms with Gasteiger partial charge in [0.15, 0.2) is 4.80 Å². The van der Waals surface area contributed by atoms with Crippen molar-refractivity contribution in [3.05, 3.63) is 84.9 Å². The second-order valence-corrected chi connectivity index (χ2v) is 8.83. The first-order valence-corrected chi connectivity index (χ1v) is 10.4. The molecule has 3 aromatic rings. The molecule has 3 heterocycles. The zero-order valence-corrected chi connectivity index (χ0v) is 17.2. The summed E-state index contributed by atoms with van der Waals surface area (Å²) in [5, 5.41) is 0. The van der Waals surface area contributed by atoms with E-state index in [1.807, 2.05) is 68.5 Å². The molecule has 0 fully saturated rings. The van der Waals surface area contributed by atoms with E-state index in [2.05, 4.69) is 0 Å². The van der Waals surface area contributed by atoms with Crippen molar-refractivity contribution in [3.63, 3.8) is 0 Å². The molecule has 0 saturated heterocycles. The van der Waals surface area contributed by atoms with Crippen molar-refractivity contribution in [1.29, 1.82) is 0 Å². The molecule has 2 bridgehead atoms. The third-order valence-corrected chi connectivity index (χ3v) is 6.68. The summed E-state index contributed by atoms with van der Waals surface area (Å²) in [6.45, 7) is 5.41. The number of para-hydroxylation sites is 1. The lowest BCUT2D eigenvalue weighted by Gasteiger charge is -2.45. The van der Waals surface area contributed by atoms with Crippen LogP contribution in [0.5, 0.6) is 5.75 Å². The van der Waals surface area contributed by atoms with Crippen LogP contribution in [-0.4, -0.2) is 16.1 Å². The van der Waals surface area contributed by atoms with Crippen LogP contribution in [0.25, 0.3) is 6.08 Å². The molecule has 3 atom stereocenters. The highest BCUT2D eigenvalue weighted by Crippen LogP contribution is 2.47. The molecular formula is C23H20N2O3S. The van der Waals surface area contributed by atoms with Gasteiger partial charge in [-0.1, -0.05) is 59.4 Å². The van der Waals surface area contributed by atoms with Crippen molar-refractivity contribution in [2.75, 3.05) is 0 Å². The molecular weight excluding hydrogens is 384 g/mol. The van der Waals surface area contributed by atoms with Crippen molar-refractivity contribution < 1.29 is 9.53 Å². The van der Waals surface area contributed by atoms with Gasteiger partial charge in [-0.15, -0.1) is 0 Å². The third-order valence-electron chi connectivity index (χ3n) is 5.69. The van der Waals surface area contributed by atoms with Gasteiger partial charge >= 0.3 is 0 Å². The SMILES string of the molecule is CC(=O)C1C2c3ccccc3OC1(C)N=c1s/c(=C/c3ccc(C)cc3)c(=O)n12. The largest absolute Gasteiger partial charge is 0.465 e. The normalized spacial score (nSPS) is 24.9. The van der Waals surface area contributed by atoms with Crippen molar-refractivity contribution in [1.82, 2.24) is 4.57 Å². The summed E-state index contributed by atoms with van der Waals surface area (Å²) in [7, 11) is 0. The first-order valence-electron chi connectivity index (χ1n) is 9.55. The van der Waals surface area contributed by atoms with E-state index >= 15 is 0 Å². The van der Waals surface area contributed by atoms with Crippen LogP contribution in [0.15, 0.2) is 58.3 Å². The molecule has 146 valence electrons. The van der Waals surface area contributed by atoms with E-state index in [-0.39, 0.29) is 11.3 Å². The Balaban J connectivity index is 1.80. The zero-order chi connectivity index (χ0) is 20.3. The van der Waals surface area contributed by atoms with Crippen molar-refractivity contribution in [2.24, 2.45) is 10.9 Å². The van der Waals surface area contributed by atoms with Gasteiger partial charge in [0.25, 0.3) is 5.56 Å². The summed E-state index contributed by atoms with van der Waals surface area (Å²) in [6, 6.07) is 15.2. The Bertz CT molecular complexity index is 1320. The van der Waals surface area contributed by atoms with E-state index in [1.54, 1.807) is 11.5 Å². The number of ketones is 1. The number of carbonyl (C=O) groups excluding carboxylic acids is 1. The van der Waals surface area contributed by atoms with Crippen LogP contribution in [0, 0.1) is 12.8 Å². The Kier molecular flexibility index (Phi) is 3.90. The fourth-order valence-corrected chi connectivity index (χ4v) is 5.47. The number of hydrogen-bond acceptors (Lipinski definition) is 5. The van der Waals surface area contributed by atoms with Crippen LogP contribution in [0.4, 0.5) is 0 Å². The number of carbonyl (C=O) groups is 1. The Labute approximate surface area is 171 Å². The average Bonchev–Trinajstić information content (AvgIpc) is 2.96. The fourth-order valence-electron chi connectivity index (χ4n) is 4.37.